The normalized spacial score (nSPS) is 14.7. The molecule has 0 spiro atoms. The van der Waals surface area contributed by atoms with Gasteiger partial charge in [0, 0.05) is 46.0 Å². The van der Waals surface area contributed by atoms with Crippen LogP contribution in [0, 0.1) is 6.92 Å². The van der Waals surface area contributed by atoms with E-state index in [4.69, 9.17) is 18.6 Å². The molecule has 2 amide bonds. The van der Waals surface area contributed by atoms with Crippen molar-refractivity contribution >= 4 is 69.2 Å². The SMILES string of the molecule is COc1cc2cc(C(=O)N3CC(CBr)c4c3cc(O[Si](C)(C)C(C)(C)C)c3[nH]c(C)c(C(=O)Nc5ccccc5)c43)[nH]c2c(OC)c1OC. The van der Waals surface area contributed by atoms with Gasteiger partial charge in [-0.05, 0) is 54.9 Å². The summed E-state index contributed by atoms with van der Waals surface area (Å²) < 4.78 is 23.8. The number of para-hydroxylation sites is 1. The number of benzene rings is 3. The molecule has 2 aromatic heterocycles. The van der Waals surface area contributed by atoms with E-state index in [1.54, 1.807) is 32.3 Å². The van der Waals surface area contributed by atoms with Gasteiger partial charge in [-0.3, -0.25) is 9.59 Å². The third-order valence-electron chi connectivity index (χ3n) is 9.86. The summed E-state index contributed by atoms with van der Waals surface area (Å²) in [7, 11) is 2.30. The standard InChI is InChI=1S/C37H43BrN4O6Si/c1-20-28(35(43)40-23-13-11-10-12-14-23)30-29-22(18-38)19-42(25(29)17-26(32(30)39-20)48-49(8,9)37(2,3)4)36(44)24-15-21-16-27(45-5)33(46-6)34(47-7)31(21)41-24/h10-17,22,39,41H,18-19H2,1-9H3,(H,40,43). The van der Waals surface area contributed by atoms with Crippen LogP contribution in [0.4, 0.5) is 11.4 Å². The molecule has 0 saturated carbocycles. The molecule has 0 radical (unpaired) electrons. The maximum atomic E-state index is 14.6. The summed E-state index contributed by atoms with van der Waals surface area (Å²) in [6.45, 7) is 13.3. The Hall–Kier alpha value is -4.42. The maximum absolute atomic E-state index is 14.6. The van der Waals surface area contributed by atoms with Gasteiger partial charge in [-0.2, -0.15) is 0 Å². The molecule has 0 fully saturated rings. The van der Waals surface area contributed by atoms with Crippen molar-refractivity contribution in [2.75, 3.05) is 43.4 Å². The van der Waals surface area contributed by atoms with Gasteiger partial charge in [-0.1, -0.05) is 54.9 Å². The van der Waals surface area contributed by atoms with Crippen molar-refractivity contribution in [2.45, 2.75) is 51.7 Å². The Morgan fingerprint density at radius 1 is 0.959 bits per heavy atom. The quantitative estimate of drug-likeness (QED) is 0.103. The number of nitrogens with zero attached hydrogens (tertiary/aromatic N) is 1. The van der Waals surface area contributed by atoms with Crippen LogP contribution in [0.25, 0.3) is 21.8 Å². The first kappa shape index (κ1) is 34.4. The maximum Gasteiger partial charge on any atom is 0.274 e. The van der Waals surface area contributed by atoms with Gasteiger partial charge in [0.2, 0.25) is 5.75 Å². The molecule has 3 N–H and O–H groups in total. The van der Waals surface area contributed by atoms with Crippen LogP contribution in [-0.4, -0.2) is 63.3 Å². The number of ether oxygens (including phenoxy) is 3. The van der Waals surface area contributed by atoms with Crippen LogP contribution in [0.2, 0.25) is 18.1 Å². The molecule has 258 valence electrons. The fourth-order valence-corrected chi connectivity index (χ4v) is 7.90. The summed E-state index contributed by atoms with van der Waals surface area (Å²) in [6, 6.07) is 15.0. The number of fused-ring (bicyclic) bond motifs is 4. The van der Waals surface area contributed by atoms with Crippen molar-refractivity contribution in [1.29, 1.82) is 0 Å². The molecule has 1 aliphatic heterocycles. The van der Waals surface area contributed by atoms with Crippen molar-refractivity contribution in [3.8, 4) is 23.0 Å². The smallest absolute Gasteiger partial charge is 0.274 e. The van der Waals surface area contributed by atoms with E-state index in [1.165, 1.54) is 0 Å². The number of aromatic nitrogens is 2. The molecule has 12 heteroatoms. The van der Waals surface area contributed by atoms with E-state index in [0.29, 0.717) is 63.0 Å². The number of nitrogens with one attached hydrogen (secondary N) is 3. The molecule has 49 heavy (non-hydrogen) atoms. The highest BCUT2D eigenvalue weighted by atomic mass is 79.9. The zero-order chi connectivity index (χ0) is 35.4. The van der Waals surface area contributed by atoms with Gasteiger partial charge in [0.05, 0.1) is 43.6 Å². The number of aryl methyl sites for hydroxylation is 1. The Labute approximate surface area is 295 Å². The first-order valence-corrected chi connectivity index (χ1v) is 20.2. The van der Waals surface area contributed by atoms with E-state index < -0.39 is 8.32 Å². The first-order chi connectivity index (χ1) is 23.2. The van der Waals surface area contributed by atoms with Crippen LogP contribution in [0.15, 0.2) is 48.5 Å². The van der Waals surface area contributed by atoms with E-state index in [0.717, 1.165) is 27.5 Å². The number of carbonyl (C=O) groups is 2. The van der Waals surface area contributed by atoms with Crippen molar-refractivity contribution < 1.29 is 28.2 Å². The average molecular weight is 748 g/mol. The average Bonchev–Trinajstić information content (AvgIpc) is 3.76. The topological polar surface area (TPSA) is 118 Å². The lowest BCUT2D eigenvalue weighted by Gasteiger charge is -2.36. The fourth-order valence-electron chi connectivity index (χ4n) is 6.36. The summed E-state index contributed by atoms with van der Waals surface area (Å²) in [4.78, 5) is 37.2. The van der Waals surface area contributed by atoms with E-state index in [2.05, 4.69) is 65.1 Å². The summed E-state index contributed by atoms with van der Waals surface area (Å²) >= 11 is 3.73. The van der Waals surface area contributed by atoms with Crippen molar-refractivity contribution in [3.05, 3.63) is 71.0 Å². The monoisotopic (exact) mass is 746 g/mol. The predicted octanol–water partition coefficient (Wildman–Crippen LogP) is 8.76. The molecule has 0 aliphatic carbocycles. The van der Waals surface area contributed by atoms with Crippen LogP contribution >= 0.6 is 15.9 Å². The van der Waals surface area contributed by atoms with Gasteiger partial charge < -0.3 is 38.8 Å². The number of halogens is 1. The Morgan fingerprint density at radius 2 is 1.65 bits per heavy atom. The highest BCUT2D eigenvalue weighted by Gasteiger charge is 2.42. The molecule has 1 atom stereocenters. The summed E-state index contributed by atoms with van der Waals surface area (Å²) in [5.41, 5.74) is 5.34. The second-order valence-electron chi connectivity index (χ2n) is 13.9. The van der Waals surface area contributed by atoms with Crippen LogP contribution < -0.4 is 28.9 Å². The second-order valence-corrected chi connectivity index (χ2v) is 19.3. The number of H-pyrrole nitrogens is 2. The zero-order valence-electron chi connectivity index (χ0n) is 29.4. The predicted molar refractivity (Wildman–Crippen MR) is 201 cm³/mol. The highest BCUT2D eigenvalue weighted by molar-refractivity contribution is 9.09. The molecule has 1 unspecified atom stereocenters. The number of alkyl halides is 1. The summed E-state index contributed by atoms with van der Waals surface area (Å²) in [5.74, 6) is 1.45. The third-order valence-corrected chi connectivity index (χ3v) is 15.0. The second kappa shape index (κ2) is 12.8. The van der Waals surface area contributed by atoms with Crippen LogP contribution in [0.3, 0.4) is 0 Å². The Kier molecular flexibility index (Phi) is 8.99. The van der Waals surface area contributed by atoms with E-state index >= 15 is 0 Å². The molecule has 5 aromatic rings. The van der Waals surface area contributed by atoms with Crippen molar-refractivity contribution in [3.63, 3.8) is 0 Å². The molecule has 3 heterocycles. The van der Waals surface area contributed by atoms with Gasteiger partial charge >= 0.3 is 0 Å². The Bertz CT molecular complexity index is 2080. The minimum absolute atomic E-state index is 0.0904. The number of methoxy groups -OCH3 is 3. The minimum atomic E-state index is -2.36. The Morgan fingerprint density at radius 3 is 2.27 bits per heavy atom. The van der Waals surface area contributed by atoms with Gasteiger partial charge in [-0.15, -0.1) is 0 Å². The fraction of sp³-hybridized carbons (Fsp3) is 0.351. The molecule has 1 aliphatic rings. The zero-order valence-corrected chi connectivity index (χ0v) is 32.0. The Balaban J connectivity index is 1.55. The van der Waals surface area contributed by atoms with Crippen LogP contribution in [0.5, 0.6) is 23.0 Å². The lowest BCUT2D eigenvalue weighted by atomic mass is 9.95. The van der Waals surface area contributed by atoms with Crippen LogP contribution in [-0.2, 0) is 0 Å². The van der Waals surface area contributed by atoms with Gasteiger partial charge in [0.25, 0.3) is 20.1 Å². The van der Waals surface area contributed by atoms with Crippen LogP contribution in [0.1, 0.15) is 58.8 Å². The molecular formula is C37H43BrN4O6Si. The van der Waals surface area contributed by atoms with E-state index in [-0.39, 0.29) is 22.8 Å². The number of anilines is 2. The lowest BCUT2D eigenvalue weighted by Crippen LogP contribution is -2.44. The van der Waals surface area contributed by atoms with Crippen molar-refractivity contribution in [1.82, 2.24) is 9.97 Å². The number of hydrogen-bond acceptors (Lipinski definition) is 6. The number of hydrogen-bond donors (Lipinski definition) is 3. The lowest BCUT2D eigenvalue weighted by molar-refractivity contribution is 0.0983. The molecule has 0 bridgehead atoms. The molecule has 0 saturated heterocycles. The molecular weight excluding hydrogens is 704 g/mol. The number of amides is 2. The minimum Gasteiger partial charge on any atom is -0.542 e. The summed E-state index contributed by atoms with van der Waals surface area (Å²) in [5, 5.41) is 5.08. The van der Waals surface area contributed by atoms with Crippen molar-refractivity contribution in [2.24, 2.45) is 0 Å². The van der Waals surface area contributed by atoms with Gasteiger partial charge in [0.1, 0.15) is 11.4 Å². The number of rotatable bonds is 9. The van der Waals surface area contributed by atoms with E-state index in [1.807, 2.05) is 49.4 Å². The highest BCUT2D eigenvalue weighted by Crippen LogP contribution is 2.50. The number of aromatic amines is 2. The number of carbonyl (C=O) groups excluding carboxylic acids is 2. The van der Waals surface area contributed by atoms with Gasteiger partial charge in [-0.25, -0.2) is 0 Å². The third kappa shape index (κ3) is 5.84. The molecule has 6 rings (SSSR count). The largest absolute Gasteiger partial charge is 0.542 e. The first-order valence-electron chi connectivity index (χ1n) is 16.2. The van der Waals surface area contributed by atoms with Gasteiger partial charge in [0.15, 0.2) is 11.5 Å². The molecule has 10 nitrogen and oxygen atoms in total. The summed E-state index contributed by atoms with van der Waals surface area (Å²) in [6.07, 6.45) is 0. The van der Waals surface area contributed by atoms with E-state index in [9.17, 15) is 9.59 Å². The molecule has 3 aromatic carbocycles.